The van der Waals surface area contributed by atoms with Crippen LogP contribution in [-0.4, -0.2) is 11.8 Å². The second kappa shape index (κ2) is 11.9. The van der Waals surface area contributed by atoms with Crippen LogP contribution in [0.2, 0.25) is 0 Å². The van der Waals surface area contributed by atoms with Gasteiger partial charge in [0.25, 0.3) is 0 Å². The Labute approximate surface area is 99.9 Å². The molecule has 0 amide bonds. The maximum atomic E-state index is 10.8. The van der Waals surface area contributed by atoms with Crippen LogP contribution in [0.15, 0.2) is 30.3 Å². The summed E-state index contributed by atoms with van der Waals surface area (Å²) in [7, 11) is 0. The van der Waals surface area contributed by atoms with E-state index in [9.17, 15) is 4.79 Å². The molecular formula is C14H25NO. The van der Waals surface area contributed by atoms with Gasteiger partial charge in [-0.2, -0.15) is 0 Å². The van der Waals surface area contributed by atoms with Crippen molar-refractivity contribution in [2.24, 2.45) is 5.73 Å². The van der Waals surface area contributed by atoms with Crippen LogP contribution in [0.3, 0.4) is 0 Å². The van der Waals surface area contributed by atoms with E-state index in [2.05, 4.69) is 0 Å². The van der Waals surface area contributed by atoms with E-state index in [-0.39, 0.29) is 11.8 Å². The molecule has 0 aliphatic heterocycles. The molecule has 0 aliphatic rings. The average Bonchev–Trinajstić information content (AvgIpc) is 2.35. The van der Waals surface area contributed by atoms with E-state index in [0.717, 1.165) is 5.56 Å². The van der Waals surface area contributed by atoms with Crippen molar-refractivity contribution in [3.8, 4) is 0 Å². The number of carbonyl (C=O) groups is 1. The molecule has 2 N–H and O–H groups in total. The van der Waals surface area contributed by atoms with Gasteiger partial charge in [0.1, 0.15) is 5.78 Å². The molecule has 0 bridgehead atoms. The summed E-state index contributed by atoms with van der Waals surface area (Å²) in [5.74, 6) is 0.0406. The van der Waals surface area contributed by atoms with Gasteiger partial charge in [-0.1, -0.05) is 58.0 Å². The Hall–Kier alpha value is -1.15. The molecule has 2 heteroatoms. The first-order valence-electron chi connectivity index (χ1n) is 6.00. The van der Waals surface area contributed by atoms with Gasteiger partial charge in [-0.3, -0.25) is 4.79 Å². The van der Waals surface area contributed by atoms with Crippen molar-refractivity contribution in [2.45, 2.75) is 47.1 Å². The van der Waals surface area contributed by atoms with E-state index in [1.165, 1.54) is 6.92 Å². The molecule has 0 saturated heterocycles. The molecule has 0 saturated carbocycles. The molecule has 0 radical (unpaired) electrons. The predicted octanol–water partition coefficient (Wildman–Crippen LogP) is 3.20. The lowest BCUT2D eigenvalue weighted by Gasteiger charge is -2.06. The Morgan fingerprint density at radius 2 is 1.56 bits per heavy atom. The molecule has 0 fully saturated rings. The highest BCUT2D eigenvalue weighted by Gasteiger charge is 2.07. The SMILES string of the molecule is CC.CC.CC(=O)C(N)Cc1ccccc1. The number of nitrogens with two attached hydrogens (primary N) is 1. The van der Waals surface area contributed by atoms with Gasteiger partial charge in [-0.25, -0.2) is 0 Å². The van der Waals surface area contributed by atoms with Gasteiger partial charge in [-0.05, 0) is 18.9 Å². The van der Waals surface area contributed by atoms with Crippen molar-refractivity contribution in [3.63, 3.8) is 0 Å². The average molecular weight is 223 g/mol. The zero-order chi connectivity index (χ0) is 13.0. The fraction of sp³-hybridized carbons (Fsp3) is 0.500. The number of ketones is 1. The van der Waals surface area contributed by atoms with Crippen molar-refractivity contribution < 1.29 is 4.79 Å². The molecule has 92 valence electrons. The second-order valence-corrected chi connectivity index (χ2v) is 2.91. The van der Waals surface area contributed by atoms with Gasteiger partial charge < -0.3 is 5.73 Å². The van der Waals surface area contributed by atoms with Gasteiger partial charge in [0.05, 0.1) is 6.04 Å². The molecule has 2 nitrogen and oxygen atoms in total. The van der Waals surface area contributed by atoms with Crippen LogP contribution < -0.4 is 5.73 Å². The first-order valence-corrected chi connectivity index (χ1v) is 6.00. The first kappa shape index (κ1) is 17.3. The minimum absolute atomic E-state index is 0.0406. The summed E-state index contributed by atoms with van der Waals surface area (Å²) in [6.45, 7) is 9.52. The zero-order valence-corrected chi connectivity index (χ0v) is 11.2. The maximum Gasteiger partial charge on any atom is 0.146 e. The predicted molar refractivity (Wildman–Crippen MR) is 71.5 cm³/mol. The highest BCUT2D eigenvalue weighted by atomic mass is 16.1. The summed E-state index contributed by atoms with van der Waals surface area (Å²) in [6.07, 6.45) is 0.635. The Balaban J connectivity index is 0. The van der Waals surface area contributed by atoms with Crippen LogP contribution in [-0.2, 0) is 11.2 Å². The van der Waals surface area contributed by atoms with Crippen molar-refractivity contribution in [3.05, 3.63) is 35.9 Å². The van der Waals surface area contributed by atoms with Gasteiger partial charge in [0.2, 0.25) is 0 Å². The summed E-state index contributed by atoms with van der Waals surface area (Å²) in [4.78, 5) is 10.8. The Bertz CT molecular complexity index is 257. The summed E-state index contributed by atoms with van der Waals surface area (Å²) in [5, 5.41) is 0. The molecule has 0 spiro atoms. The normalized spacial score (nSPS) is 10.1. The van der Waals surface area contributed by atoms with Crippen molar-refractivity contribution >= 4 is 5.78 Å². The first-order chi connectivity index (χ1) is 7.70. The lowest BCUT2D eigenvalue weighted by Crippen LogP contribution is -2.30. The molecule has 16 heavy (non-hydrogen) atoms. The quantitative estimate of drug-likeness (QED) is 0.855. The fourth-order valence-electron chi connectivity index (χ4n) is 1.01. The minimum atomic E-state index is -0.354. The van der Waals surface area contributed by atoms with E-state index in [4.69, 9.17) is 5.73 Å². The van der Waals surface area contributed by atoms with Gasteiger partial charge in [-0.15, -0.1) is 0 Å². The smallest absolute Gasteiger partial charge is 0.146 e. The number of carbonyl (C=O) groups excluding carboxylic acids is 1. The number of rotatable bonds is 3. The maximum absolute atomic E-state index is 10.8. The standard InChI is InChI=1S/C10H13NO.2C2H6/c1-8(12)10(11)7-9-5-3-2-4-6-9;2*1-2/h2-6,10H,7,11H2,1H3;2*1-2H3. The third-order valence-corrected chi connectivity index (χ3v) is 1.82. The van der Waals surface area contributed by atoms with Crippen molar-refractivity contribution in [1.82, 2.24) is 0 Å². The van der Waals surface area contributed by atoms with Crippen LogP contribution in [0.25, 0.3) is 0 Å². The Morgan fingerprint density at radius 1 is 1.12 bits per heavy atom. The molecule has 0 aliphatic carbocycles. The highest BCUT2D eigenvalue weighted by Crippen LogP contribution is 2.01. The van der Waals surface area contributed by atoms with Crippen LogP contribution in [0.5, 0.6) is 0 Å². The molecule has 0 aromatic heterocycles. The number of benzene rings is 1. The zero-order valence-electron chi connectivity index (χ0n) is 11.2. The monoisotopic (exact) mass is 223 g/mol. The van der Waals surface area contributed by atoms with E-state index in [1.807, 2.05) is 58.0 Å². The van der Waals surface area contributed by atoms with E-state index < -0.39 is 0 Å². The minimum Gasteiger partial charge on any atom is -0.321 e. The molecule has 1 rings (SSSR count). The Kier molecular flexibility index (Phi) is 12.9. The van der Waals surface area contributed by atoms with Gasteiger partial charge in [0, 0.05) is 0 Å². The van der Waals surface area contributed by atoms with Crippen LogP contribution in [0, 0.1) is 0 Å². The lowest BCUT2D eigenvalue weighted by molar-refractivity contribution is -0.118. The van der Waals surface area contributed by atoms with E-state index in [0.29, 0.717) is 6.42 Å². The fourth-order valence-corrected chi connectivity index (χ4v) is 1.01. The van der Waals surface area contributed by atoms with Crippen molar-refractivity contribution in [2.75, 3.05) is 0 Å². The van der Waals surface area contributed by atoms with Crippen LogP contribution in [0.4, 0.5) is 0 Å². The van der Waals surface area contributed by atoms with Gasteiger partial charge in [0.15, 0.2) is 0 Å². The lowest BCUT2D eigenvalue weighted by atomic mass is 10.0. The van der Waals surface area contributed by atoms with Crippen molar-refractivity contribution in [1.29, 1.82) is 0 Å². The number of hydrogen-bond donors (Lipinski definition) is 1. The van der Waals surface area contributed by atoms with E-state index in [1.54, 1.807) is 0 Å². The summed E-state index contributed by atoms with van der Waals surface area (Å²) >= 11 is 0. The van der Waals surface area contributed by atoms with E-state index >= 15 is 0 Å². The third kappa shape index (κ3) is 8.18. The molecular weight excluding hydrogens is 198 g/mol. The largest absolute Gasteiger partial charge is 0.321 e. The third-order valence-electron chi connectivity index (χ3n) is 1.82. The Morgan fingerprint density at radius 3 is 1.94 bits per heavy atom. The summed E-state index contributed by atoms with van der Waals surface area (Å²) < 4.78 is 0. The second-order valence-electron chi connectivity index (χ2n) is 2.91. The summed E-state index contributed by atoms with van der Waals surface area (Å²) in [6, 6.07) is 9.44. The molecule has 0 heterocycles. The topological polar surface area (TPSA) is 43.1 Å². The van der Waals surface area contributed by atoms with Crippen LogP contribution in [0.1, 0.15) is 40.2 Å². The van der Waals surface area contributed by atoms with Gasteiger partial charge >= 0.3 is 0 Å². The molecule has 1 aromatic rings. The molecule has 1 unspecified atom stereocenters. The van der Waals surface area contributed by atoms with Crippen LogP contribution >= 0.6 is 0 Å². The molecule has 1 atom stereocenters. The number of hydrogen-bond acceptors (Lipinski definition) is 2. The highest BCUT2D eigenvalue weighted by molar-refractivity contribution is 5.81. The summed E-state index contributed by atoms with van der Waals surface area (Å²) in [5.41, 5.74) is 6.71. The number of Topliss-reactive ketones (excluding diaryl/α,β-unsaturated/α-hetero) is 1. The molecule has 1 aromatic carbocycles.